The number of carbonyl (C=O) groups excluding carboxylic acids is 4. The number of halogens is 5. The van der Waals surface area contributed by atoms with Gasteiger partial charge in [-0.15, -0.1) is 0 Å². The van der Waals surface area contributed by atoms with Crippen molar-refractivity contribution in [1.82, 2.24) is 5.32 Å². The van der Waals surface area contributed by atoms with Crippen molar-refractivity contribution in [1.29, 1.82) is 0 Å². The van der Waals surface area contributed by atoms with E-state index in [1.54, 1.807) is 18.2 Å². The van der Waals surface area contributed by atoms with Crippen LogP contribution in [0.25, 0.3) is 0 Å². The van der Waals surface area contributed by atoms with Crippen molar-refractivity contribution in [2.45, 2.75) is 90.1 Å². The van der Waals surface area contributed by atoms with Crippen molar-refractivity contribution in [3.63, 3.8) is 0 Å². The van der Waals surface area contributed by atoms with Gasteiger partial charge in [0, 0.05) is 36.9 Å². The molecule has 0 bridgehead atoms. The number of alkyl halides is 3. The summed E-state index contributed by atoms with van der Waals surface area (Å²) in [4.78, 5) is 50.4. The van der Waals surface area contributed by atoms with Crippen molar-refractivity contribution in [2.24, 2.45) is 11.3 Å². The Kier molecular flexibility index (Phi) is 10.6. The fourth-order valence-electron chi connectivity index (χ4n) is 6.08. The third-order valence-electron chi connectivity index (χ3n) is 9.12. The van der Waals surface area contributed by atoms with E-state index < -0.39 is 53.2 Å². The molecule has 2 aromatic rings. The number of hydrogen-bond donors (Lipinski definition) is 2. The summed E-state index contributed by atoms with van der Waals surface area (Å²) in [7, 11) is 0. The number of ketones is 1. The molecule has 1 aliphatic heterocycles. The molecule has 4 rings (SSSR count). The van der Waals surface area contributed by atoms with Crippen LogP contribution in [0.3, 0.4) is 0 Å². The van der Waals surface area contributed by atoms with Crippen LogP contribution in [0, 0.1) is 23.0 Å². The number of Topliss-reactive ketones (excluding diaryl/α,β-unsaturated/α-hetero) is 1. The van der Waals surface area contributed by atoms with Gasteiger partial charge in [-0.1, -0.05) is 44.4 Å². The van der Waals surface area contributed by atoms with Gasteiger partial charge in [0.25, 0.3) is 0 Å². The lowest BCUT2D eigenvalue weighted by molar-refractivity contribution is -0.241. The zero-order valence-corrected chi connectivity index (χ0v) is 25.3. The summed E-state index contributed by atoms with van der Waals surface area (Å²) in [6.07, 6.45) is -2.41. The van der Waals surface area contributed by atoms with Crippen LogP contribution < -0.4 is 10.6 Å². The van der Waals surface area contributed by atoms with Crippen molar-refractivity contribution < 1.29 is 41.1 Å². The van der Waals surface area contributed by atoms with Gasteiger partial charge in [-0.2, -0.15) is 13.2 Å². The number of imide groups is 1. The van der Waals surface area contributed by atoms with Crippen LogP contribution in [-0.2, 0) is 32.0 Å². The molecule has 1 heterocycles. The highest BCUT2D eigenvalue weighted by molar-refractivity contribution is 5.96. The van der Waals surface area contributed by atoms with Gasteiger partial charge >= 0.3 is 6.18 Å². The third-order valence-corrected chi connectivity index (χ3v) is 9.12. The summed E-state index contributed by atoms with van der Waals surface area (Å²) < 4.78 is 69.7. The van der Waals surface area contributed by atoms with Crippen molar-refractivity contribution in [2.75, 3.05) is 5.32 Å². The van der Waals surface area contributed by atoms with E-state index in [9.17, 15) is 41.1 Å². The molecule has 0 spiro atoms. The van der Waals surface area contributed by atoms with E-state index in [0.717, 1.165) is 29.7 Å². The van der Waals surface area contributed by atoms with E-state index in [1.807, 2.05) is 6.92 Å². The first-order valence-electron chi connectivity index (χ1n) is 15.2. The second-order valence-corrected chi connectivity index (χ2v) is 12.1. The number of benzene rings is 2. The molecule has 2 N–H and O–H groups in total. The first-order chi connectivity index (χ1) is 21.2. The lowest BCUT2D eigenvalue weighted by Gasteiger charge is -2.42. The second kappa shape index (κ2) is 14.0. The normalized spacial score (nSPS) is 19.5. The molecule has 2 atom stereocenters. The lowest BCUT2D eigenvalue weighted by atomic mass is 9.63. The molecule has 2 aromatic carbocycles. The molecule has 0 saturated heterocycles. The Labute approximate surface area is 258 Å². The molecule has 0 radical (unpaired) electrons. The number of rotatable bonds is 9. The van der Waals surface area contributed by atoms with Crippen molar-refractivity contribution in [3.8, 4) is 0 Å². The monoisotopic (exact) mass is 632 g/mol. The SMILES string of the molecule is CCC1CCC(=O)NC(=O)Cc2ccc(NC(=O)C/C=C(/CC(=O)C3(C(F)(F)F)CCC3)[C@H](C)c3cc(F)cc(F)c3)cc2C1. The van der Waals surface area contributed by atoms with Gasteiger partial charge in [-0.3, -0.25) is 24.5 Å². The van der Waals surface area contributed by atoms with Crippen LogP contribution in [0.4, 0.5) is 27.6 Å². The predicted octanol–water partition coefficient (Wildman–Crippen LogP) is 7.26. The number of hydrogen-bond acceptors (Lipinski definition) is 4. The van der Waals surface area contributed by atoms with Gasteiger partial charge < -0.3 is 5.32 Å². The van der Waals surface area contributed by atoms with Crippen LogP contribution in [0.2, 0.25) is 0 Å². The van der Waals surface area contributed by atoms with Gasteiger partial charge in [0.15, 0.2) is 5.78 Å². The summed E-state index contributed by atoms with van der Waals surface area (Å²) in [5, 5.41) is 5.16. The minimum absolute atomic E-state index is 0.00381. The number of amides is 3. The Morgan fingerprint density at radius 3 is 2.33 bits per heavy atom. The largest absolute Gasteiger partial charge is 0.401 e. The number of fused-ring (bicyclic) bond motifs is 1. The molecule has 6 nitrogen and oxygen atoms in total. The summed E-state index contributed by atoms with van der Waals surface area (Å²) in [5.74, 6) is -4.66. The Hall–Kier alpha value is -3.89. The summed E-state index contributed by atoms with van der Waals surface area (Å²) in [5.41, 5.74) is -0.145. The zero-order valence-electron chi connectivity index (χ0n) is 25.3. The highest BCUT2D eigenvalue weighted by atomic mass is 19.4. The molecule has 1 unspecified atom stereocenters. The predicted molar refractivity (Wildman–Crippen MR) is 158 cm³/mol. The number of nitrogens with one attached hydrogen (secondary N) is 2. The Morgan fingerprint density at radius 1 is 1.04 bits per heavy atom. The Morgan fingerprint density at radius 2 is 1.73 bits per heavy atom. The maximum absolute atomic E-state index is 14.0. The average molecular weight is 633 g/mol. The topological polar surface area (TPSA) is 92.3 Å². The zero-order chi connectivity index (χ0) is 32.9. The van der Waals surface area contributed by atoms with Gasteiger partial charge in [0.05, 0.1) is 6.42 Å². The van der Waals surface area contributed by atoms with Gasteiger partial charge in [0.2, 0.25) is 17.7 Å². The van der Waals surface area contributed by atoms with Gasteiger partial charge in [-0.05, 0) is 72.6 Å². The summed E-state index contributed by atoms with van der Waals surface area (Å²) in [6.45, 7) is 3.54. The van der Waals surface area contributed by atoms with E-state index in [2.05, 4.69) is 10.6 Å². The van der Waals surface area contributed by atoms with E-state index in [0.29, 0.717) is 24.6 Å². The molecule has 1 aliphatic carbocycles. The fraction of sp³-hybridized carbons (Fsp3) is 0.471. The van der Waals surface area contributed by atoms with Crippen LogP contribution in [0.1, 0.15) is 87.8 Å². The van der Waals surface area contributed by atoms with E-state index in [4.69, 9.17) is 0 Å². The minimum Gasteiger partial charge on any atom is -0.326 e. The molecule has 1 saturated carbocycles. The number of anilines is 1. The van der Waals surface area contributed by atoms with Gasteiger partial charge in [-0.25, -0.2) is 8.78 Å². The number of carbonyl (C=O) groups is 4. The quantitative estimate of drug-likeness (QED) is 0.173. The number of allylic oxidation sites excluding steroid dienone is 1. The molecule has 2 aliphatic rings. The lowest BCUT2D eigenvalue weighted by Crippen LogP contribution is -2.50. The highest BCUT2D eigenvalue weighted by Gasteiger charge is 2.62. The highest BCUT2D eigenvalue weighted by Crippen LogP contribution is 2.54. The molecular weight excluding hydrogens is 595 g/mol. The first-order valence-corrected chi connectivity index (χ1v) is 15.2. The van der Waals surface area contributed by atoms with E-state index in [-0.39, 0.29) is 61.5 Å². The van der Waals surface area contributed by atoms with Crippen LogP contribution in [0.15, 0.2) is 48.0 Å². The molecule has 11 heteroatoms. The smallest absolute Gasteiger partial charge is 0.326 e. The molecule has 1 fully saturated rings. The minimum atomic E-state index is -4.73. The average Bonchev–Trinajstić information content (AvgIpc) is 2.91. The molecule has 0 aromatic heterocycles. The summed E-state index contributed by atoms with van der Waals surface area (Å²) >= 11 is 0. The Balaban J connectivity index is 1.56. The van der Waals surface area contributed by atoms with E-state index in [1.165, 1.54) is 13.0 Å². The molecular formula is C34H37F5N2O4. The fourth-order valence-corrected chi connectivity index (χ4v) is 6.08. The first kappa shape index (κ1) is 34.0. The van der Waals surface area contributed by atoms with Crippen LogP contribution in [0.5, 0.6) is 0 Å². The van der Waals surface area contributed by atoms with Crippen molar-refractivity contribution >= 4 is 29.2 Å². The molecule has 3 amide bonds. The van der Waals surface area contributed by atoms with E-state index >= 15 is 0 Å². The second-order valence-electron chi connectivity index (χ2n) is 12.1. The van der Waals surface area contributed by atoms with Crippen molar-refractivity contribution in [3.05, 3.63) is 76.4 Å². The maximum atomic E-state index is 14.0. The standard InChI is InChI=1S/C34H37F5N2O4/c1-3-21-5-9-31(44)41-32(45)18-23-6-8-28(16-25(23)13-21)40-30(43)10-7-22(20(2)24-14-26(35)19-27(36)15-24)17-29(42)33(11-4-12-33)34(37,38)39/h6-8,14-16,19-21H,3-5,9-13,17-18H2,1-2H3,(H,40,43)(H,41,44,45)/b22-7-/t20-,21?/m0/s1. The summed E-state index contributed by atoms with van der Waals surface area (Å²) in [6, 6.07) is 7.87. The molecule has 45 heavy (non-hydrogen) atoms. The maximum Gasteiger partial charge on any atom is 0.401 e. The van der Waals surface area contributed by atoms with Crippen LogP contribution >= 0.6 is 0 Å². The van der Waals surface area contributed by atoms with Gasteiger partial charge in [0.1, 0.15) is 17.0 Å². The molecule has 242 valence electrons. The van der Waals surface area contributed by atoms with Crippen LogP contribution in [-0.4, -0.2) is 29.7 Å². The third kappa shape index (κ3) is 8.23. The Bertz CT molecular complexity index is 1480.